The lowest BCUT2D eigenvalue weighted by Gasteiger charge is -2.26. The Morgan fingerprint density at radius 1 is 1.16 bits per heavy atom. The molecule has 1 aromatic heterocycles. The lowest BCUT2D eigenvalue weighted by molar-refractivity contribution is -0.118. The predicted molar refractivity (Wildman–Crippen MR) is 112 cm³/mol. The molecule has 2 aliphatic rings. The molecule has 1 saturated heterocycles. The third kappa shape index (κ3) is 4.70. The van der Waals surface area contributed by atoms with Crippen LogP contribution in [0.4, 0.5) is 0 Å². The average Bonchev–Trinajstić information content (AvgIpc) is 3.43. The predicted octanol–water partition coefficient (Wildman–Crippen LogP) is 2.00. The van der Waals surface area contributed by atoms with Crippen molar-refractivity contribution in [1.82, 2.24) is 19.8 Å². The van der Waals surface area contributed by atoms with Gasteiger partial charge in [-0.05, 0) is 36.6 Å². The largest absolute Gasteiger partial charge is 0.379 e. The Balaban J connectivity index is 1.43. The van der Waals surface area contributed by atoms with Gasteiger partial charge in [-0.25, -0.2) is 8.42 Å². The summed E-state index contributed by atoms with van der Waals surface area (Å²) in [4.78, 5) is 17.1. The van der Waals surface area contributed by atoms with Crippen molar-refractivity contribution in [1.29, 1.82) is 0 Å². The van der Waals surface area contributed by atoms with Crippen molar-refractivity contribution < 1.29 is 22.5 Å². The van der Waals surface area contributed by atoms with Gasteiger partial charge in [-0.15, -0.1) is 0 Å². The number of rotatable bonds is 6. The molecule has 2 fully saturated rings. The van der Waals surface area contributed by atoms with Crippen LogP contribution in [0.3, 0.4) is 0 Å². The third-order valence-electron chi connectivity index (χ3n) is 5.69. The van der Waals surface area contributed by atoms with Crippen LogP contribution in [-0.4, -0.2) is 55.1 Å². The minimum atomic E-state index is -3.54. The Bertz CT molecular complexity index is 1050. The second-order valence-electron chi connectivity index (χ2n) is 7.83. The first-order chi connectivity index (χ1) is 14.9. The highest BCUT2D eigenvalue weighted by atomic mass is 32.2. The maximum atomic E-state index is 12.7. The Morgan fingerprint density at radius 2 is 1.84 bits per heavy atom. The van der Waals surface area contributed by atoms with E-state index < -0.39 is 15.6 Å². The SMILES string of the molecule is Cc1nc(C2(NC(=O)/C=C/c3ccc(S(=O)(=O)N4CCOCC4)cc3)CCCC2)no1. The zero-order valence-electron chi connectivity index (χ0n) is 17.4. The maximum Gasteiger partial charge on any atom is 0.244 e. The van der Waals surface area contributed by atoms with E-state index in [-0.39, 0.29) is 10.8 Å². The van der Waals surface area contributed by atoms with E-state index in [0.717, 1.165) is 31.2 Å². The number of aryl methyl sites for hydroxylation is 1. The Labute approximate surface area is 181 Å². The molecule has 166 valence electrons. The molecule has 1 aliphatic carbocycles. The molecule has 1 aliphatic heterocycles. The Kier molecular flexibility index (Phi) is 6.22. The fraction of sp³-hybridized carbons (Fsp3) is 0.476. The monoisotopic (exact) mass is 446 g/mol. The molecule has 2 heterocycles. The number of nitrogens with zero attached hydrogens (tertiary/aromatic N) is 3. The van der Waals surface area contributed by atoms with E-state index in [9.17, 15) is 13.2 Å². The van der Waals surface area contributed by atoms with Crippen LogP contribution >= 0.6 is 0 Å². The molecule has 0 bridgehead atoms. The van der Waals surface area contributed by atoms with E-state index in [1.54, 1.807) is 37.3 Å². The van der Waals surface area contributed by atoms with Crippen LogP contribution in [0.5, 0.6) is 0 Å². The number of benzene rings is 1. The van der Waals surface area contributed by atoms with Gasteiger partial charge in [0.15, 0.2) is 5.82 Å². The van der Waals surface area contributed by atoms with E-state index in [2.05, 4.69) is 15.5 Å². The van der Waals surface area contributed by atoms with Crippen LogP contribution in [0.15, 0.2) is 39.8 Å². The highest BCUT2D eigenvalue weighted by Crippen LogP contribution is 2.37. The second kappa shape index (κ2) is 8.89. The molecule has 1 aromatic carbocycles. The summed E-state index contributed by atoms with van der Waals surface area (Å²) in [5.74, 6) is 0.731. The molecule has 31 heavy (non-hydrogen) atoms. The minimum Gasteiger partial charge on any atom is -0.379 e. The van der Waals surface area contributed by atoms with Gasteiger partial charge in [-0.2, -0.15) is 9.29 Å². The first-order valence-corrected chi connectivity index (χ1v) is 11.8. The number of sulfonamides is 1. The summed E-state index contributed by atoms with van der Waals surface area (Å²) < 4.78 is 37.2. The first-order valence-electron chi connectivity index (χ1n) is 10.4. The molecule has 1 saturated carbocycles. The van der Waals surface area contributed by atoms with Crippen molar-refractivity contribution in [3.05, 3.63) is 47.6 Å². The average molecular weight is 447 g/mol. The number of nitrogens with one attached hydrogen (secondary N) is 1. The van der Waals surface area contributed by atoms with Gasteiger partial charge in [0, 0.05) is 26.1 Å². The summed E-state index contributed by atoms with van der Waals surface area (Å²) in [6.07, 6.45) is 6.59. The number of morpholine rings is 1. The van der Waals surface area contributed by atoms with Crippen molar-refractivity contribution in [2.45, 2.75) is 43.0 Å². The fourth-order valence-corrected chi connectivity index (χ4v) is 5.42. The molecule has 1 N–H and O–H groups in total. The van der Waals surface area contributed by atoms with E-state index in [1.807, 2.05) is 0 Å². The van der Waals surface area contributed by atoms with Gasteiger partial charge < -0.3 is 14.6 Å². The Hall–Kier alpha value is -2.56. The molecule has 10 heteroatoms. The van der Waals surface area contributed by atoms with Crippen molar-refractivity contribution in [3.63, 3.8) is 0 Å². The number of ether oxygens (including phenoxy) is 1. The van der Waals surface area contributed by atoms with Gasteiger partial charge in [-0.3, -0.25) is 4.79 Å². The smallest absolute Gasteiger partial charge is 0.244 e. The lowest BCUT2D eigenvalue weighted by atomic mass is 9.96. The molecule has 9 nitrogen and oxygen atoms in total. The molecule has 4 rings (SSSR count). The number of carbonyl (C=O) groups excluding carboxylic acids is 1. The number of hydrogen-bond donors (Lipinski definition) is 1. The molecule has 0 spiro atoms. The molecule has 0 atom stereocenters. The minimum absolute atomic E-state index is 0.230. The zero-order chi connectivity index (χ0) is 21.9. The highest BCUT2D eigenvalue weighted by Gasteiger charge is 2.40. The van der Waals surface area contributed by atoms with Crippen LogP contribution in [0.25, 0.3) is 6.08 Å². The van der Waals surface area contributed by atoms with E-state index >= 15 is 0 Å². The third-order valence-corrected chi connectivity index (χ3v) is 7.60. The van der Waals surface area contributed by atoms with Crippen molar-refractivity contribution in [2.24, 2.45) is 0 Å². The van der Waals surface area contributed by atoms with E-state index in [1.165, 1.54) is 10.4 Å². The van der Waals surface area contributed by atoms with Gasteiger partial charge in [0.2, 0.25) is 21.8 Å². The molecule has 0 radical (unpaired) electrons. The van der Waals surface area contributed by atoms with E-state index in [0.29, 0.717) is 38.0 Å². The Morgan fingerprint density at radius 3 is 2.45 bits per heavy atom. The van der Waals surface area contributed by atoms with Crippen LogP contribution in [0, 0.1) is 6.92 Å². The van der Waals surface area contributed by atoms with Crippen LogP contribution < -0.4 is 5.32 Å². The summed E-state index contributed by atoms with van der Waals surface area (Å²) in [5, 5.41) is 7.06. The number of aromatic nitrogens is 2. The number of hydrogen-bond acceptors (Lipinski definition) is 7. The zero-order valence-corrected chi connectivity index (χ0v) is 18.2. The molecule has 2 aromatic rings. The quantitative estimate of drug-likeness (QED) is 0.675. The van der Waals surface area contributed by atoms with Gasteiger partial charge in [0.1, 0.15) is 5.54 Å². The molecule has 0 unspecified atom stereocenters. The van der Waals surface area contributed by atoms with Gasteiger partial charge >= 0.3 is 0 Å². The number of amides is 1. The summed E-state index contributed by atoms with van der Waals surface area (Å²) in [5.41, 5.74) is 0.127. The standard InChI is InChI=1S/C21H26N4O5S/c1-16-22-20(24-30-16)21(10-2-3-11-21)23-19(26)9-6-17-4-7-18(8-5-17)31(27,28)25-12-14-29-15-13-25/h4-9H,2-3,10-15H2,1H3,(H,23,26)/b9-6+. The summed E-state index contributed by atoms with van der Waals surface area (Å²) >= 11 is 0. The molecular weight excluding hydrogens is 420 g/mol. The van der Waals surface area contributed by atoms with Crippen LogP contribution in [0.2, 0.25) is 0 Å². The van der Waals surface area contributed by atoms with E-state index in [4.69, 9.17) is 9.26 Å². The lowest BCUT2D eigenvalue weighted by Crippen LogP contribution is -2.44. The maximum absolute atomic E-state index is 12.7. The van der Waals surface area contributed by atoms with Gasteiger partial charge in [0.25, 0.3) is 0 Å². The normalized spacial score (nSPS) is 19.6. The van der Waals surface area contributed by atoms with Gasteiger partial charge in [0.05, 0.1) is 18.1 Å². The highest BCUT2D eigenvalue weighted by molar-refractivity contribution is 7.89. The second-order valence-corrected chi connectivity index (χ2v) is 9.77. The fourth-order valence-electron chi connectivity index (χ4n) is 4.01. The van der Waals surface area contributed by atoms with Crippen molar-refractivity contribution in [3.8, 4) is 0 Å². The topological polar surface area (TPSA) is 115 Å². The molecule has 1 amide bonds. The molecular formula is C21H26N4O5S. The first kappa shape index (κ1) is 21.7. The summed E-state index contributed by atoms with van der Waals surface area (Å²) in [6, 6.07) is 6.49. The summed E-state index contributed by atoms with van der Waals surface area (Å²) in [7, 11) is -3.54. The van der Waals surface area contributed by atoms with Crippen molar-refractivity contribution in [2.75, 3.05) is 26.3 Å². The summed E-state index contributed by atoms with van der Waals surface area (Å²) in [6.45, 7) is 3.24. The number of carbonyl (C=O) groups is 1. The van der Waals surface area contributed by atoms with Gasteiger partial charge in [-0.1, -0.05) is 30.1 Å². The van der Waals surface area contributed by atoms with Crippen molar-refractivity contribution >= 4 is 22.0 Å². The van der Waals surface area contributed by atoms with Crippen LogP contribution in [-0.2, 0) is 25.1 Å². The van der Waals surface area contributed by atoms with Crippen LogP contribution in [0.1, 0.15) is 43.0 Å².